The lowest BCUT2D eigenvalue weighted by molar-refractivity contribution is -0.139. The Hall–Kier alpha value is -2.97. The molecule has 0 aliphatic heterocycles. The van der Waals surface area contributed by atoms with Crippen LogP contribution in [0.4, 0.5) is 4.79 Å². The first kappa shape index (κ1) is 14.4. The van der Waals surface area contributed by atoms with Gasteiger partial charge in [0.05, 0.1) is 6.04 Å². The molecule has 0 aliphatic carbocycles. The molecular formula is C12H14N6O3. The number of urea groups is 1. The number of rotatable bonds is 5. The van der Waals surface area contributed by atoms with Gasteiger partial charge in [0.25, 0.3) is 0 Å². The van der Waals surface area contributed by atoms with E-state index in [1.54, 1.807) is 37.3 Å². The van der Waals surface area contributed by atoms with Gasteiger partial charge in [0.15, 0.2) is 11.9 Å². The fourth-order valence-electron chi connectivity index (χ4n) is 1.72. The number of aromatic nitrogens is 4. The fourth-order valence-corrected chi connectivity index (χ4v) is 1.72. The first-order chi connectivity index (χ1) is 10.1. The molecular weight excluding hydrogens is 276 g/mol. The number of carbonyl (C=O) groups is 2. The van der Waals surface area contributed by atoms with Crippen LogP contribution in [0.2, 0.25) is 0 Å². The van der Waals surface area contributed by atoms with Crippen molar-refractivity contribution in [2.75, 3.05) is 0 Å². The molecule has 0 spiro atoms. The molecule has 2 rings (SSSR count). The van der Waals surface area contributed by atoms with Gasteiger partial charge in [-0.3, -0.25) is 0 Å². The number of carbonyl (C=O) groups excluding carboxylic acids is 1. The van der Waals surface area contributed by atoms with Crippen molar-refractivity contribution in [1.82, 2.24) is 31.3 Å². The van der Waals surface area contributed by atoms with Crippen molar-refractivity contribution < 1.29 is 14.7 Å². The Bertz CT molecular complexity index is 601. The van der Waals surface area contributed by atoms with Gasteiger partial charge in [-0.05, 0) is 12.5 Å². The van der Waals surface area contributed by atoms with E-state index in [9.17, 15) is 14.7 Å². The lowest BCUT2D eigenvalue weighted by Crippen LogP contribution is -2.42. The summed E-state index contributed by atoms with van der Waals surface area (Å²) in [6.07, 6.45) is 0. The van der Waals surface area contributed by atoms with E-state index in [-0.39, 0.29) is 0 Å². The molecule has 1 aromatic heterocycles. The molecule has 0 radical (unpaired) electrons. The van der Waals surface area contributed by atoms with Crippen LogP contribution in [0.15, 0.2) is 30.3 Å². The van der Waals surface area contributed by atoms with Crippen LogP contribution in [0, 0.1) is 0 Å². The summed E-state index contributed by atoms with van der Waals surface area (Å²) in [5, 5.41) is 27.3. The van der Waals surface area contributed by atoms with Gasteiger partial charge in [-0.25, -0.2) is 9.59 Å². The smallest absolute Gasteiger partial charge is 0.330 e. The SMILES string of the molecule is CC(NC(=O)NC(C(=O)O)c1ccccc1)c1nn[nH]n1. The van der Waals surface area contributed by atoms with Crippen LogP contribution in [-0.4, -0.2) is 37.7 Å². The monoisotopic (exact) mass is 290 g/mol. The predicted octanol–water partition coefficient (Wildman–Crippen LogP) is 0.386. The molecule has 2 aromatic rings. The summed E-state index contributed by atoms with van der Waals surface area (Å²) in [7, 11) is 0. The van der Waals surface area contributed by atoms with E-state index in [2.05, 4.69) is 31.3 Å². The summed E-state index contributed by atoms with van der Waals surface area (Å²) < 4.78 is 0. The quantitative estimate of drug-likeness (QED) is 0.629. The Morgan fingerprint density at radius 2 is 1.95 bits per heavy atom. The highest BCUT2D eigenvalue weighted by molar-refractivity contribution is 5.83. The molecule has 0 saturated heterocycles. The third-order valence-corrected chi connectivity index (χ3v) is 2.75. The zero-order chi connectivity index (χ0) is 15.2. The van der Waals surface area contributed by atoms with Crippen molar-refractivity contribution in [2.24, 2.45) is 0 Å². The van der Waals surface area contributed by atoms with E-state index in [4.69, 9.17) is 0 Å². The van der Waals surface area contributed by atoms with Gasteiger partial charge in [0.2, 0.25) is 0 Å². The normalized spacial score (nSPS) is 13.2. The third-order valence-electron chi connectivity index (χ3n) is 2.75. The average Bonchev–Trinajstić information content (AvgIpc) is 2.99. The predicted molar refractivity (Wildman–Crippen MR) is 71.1 cm³/mol. The molecule has 1 aromatic carbocycles. The molecule has 0 aliphatic rings. The third kappa shape index (κ3) is 3.75. The summed E-state index contributed by atoms with van der Waals surface area (Å²) in [4.78, 5) is 23.1. The minimum absolute atomic E-state index is 0.303. The van der Waals surface area contributed by atoms with E-state index in [1.807, 2.05) is 0 Å². The molecule has 0 bridgehead atoms. The molecule has 9 nitrogen and oxygen atoms in total. The van der Waals surface area contributed by atoms with E-state index >= 15 is 0 Å². The van der Waals surface area contributed by atoms with Crippen molar-refractivity contribution in [2.45, 2.75) is 19.0 Å². The Morgan fingerprint density at radius 3 is 2.52 bits per heavy atom. The Kier molecular flexibility index (Phi) is 4.44. The summed E-state index contributed by atoms with van der Waals surface area (Å²) in [6.45, 7) is 1.66. The zero-order valence-electron chi connectivity index (χ0n) is 11.1. The lowest BCUT2D eigenvalue weighted by Gasteiger charge is -2.17. The summed E-state index contributed by atoms with van der Waals surface area (Å²) in [5.41, 5.74) is 0.479. The van der Waals surface area contributed by atoms with Gasteiger partial charge in [-0.1, -0.05) is 35.5 Å². The topological polar surface area (TPSA) is 133 Å². The van der Waals surface area contributed by atoms with Crippen LogP contribution >= 0.6 is 0 Å². The molecule has 9 heteroatoms. The van der Waals surface area contributed by atoms with Crippen LogP contribution in [0.25, 0.3) is 0 Å². The molecule has 0 fully saturated rings. The Labute approximate surface area is 119 Å². The Balaban J connectivity index is 2.01. The highest BCUT2D eigenvalue weighted by Crippen LogP contribution is 2.13. The molecule has 2 atom stereocenters. The number of nitrogens with one attached hydrogen (secondary N) is 3. The highest BCUT2D eigenvalue weighted by Gasteiger charge is 2.23. The van der Waals surface area contributed by atoms with Crippen molar-refractivity contribution in [3.63, 3.8) is 0 Å². The maximum absolute atomic E-state index is 11.9. The standard InChI is InChI=1S/C12H14N6O3/c1-7(10-15-17-18-16-10)13-12(21)14-9(11(19)20)8-5-3-2-4-6-8/h2-7,9H,1H3,(H,19,20)(H2,13,14,21)(H,15,16,17,18). The van der Waals surface area contributed by atoms with Crippen LogP contribution in [0.5, 0.6) is 0 Å². The van der Waals surface area contributed by atoms with Gasteiger partial charge < -0.3 is 15.7 Å². The summed E-state index contributed by atoms with van der Waals surface area (Å²) >= 11 is 0. The van der Waals surface area contributed by atoms with Crippen LogP contribution in [0.3, 0.4) is 0 Å². The molecule has 1 heterocycles. The second-order valence-electron chi connectivity index (χ2n) is 4.29. The number of aromatic amines is 1. The van der Waals surface area contributed by atoms with Gasteiger partial charge >= 0.3 is 12.0 Å². The number of hydrogen-bond acceptors (Lipinski definition) is 5. The van der Waals surface area contributed by atoms with Gasteiger partial charge in [0, 0.05) is 0 Å². The fraction of sp³-hybridized carbons (Fsp3) is 0.250. The largest absolute Gasteiger partial charge is 0.479 e. The molecule has 110 valence electrons. The summed E-state index contributed by atoms with van der Waals surface area (Å²) in [5.74, 6) is -0.847. The van der Waals surface area contributed by atoms with E-state index < -0.39 is 24.1 Å². The van der Waals surface area contributed by atoms with E-state index in [0.717, 1.165) is 0 Å². The maximum Gasteiger partial charge on any atom is 0.330 e. The molecule has 0 saturated carbocycles. The first-order valence-corrected chi connectivity index (χ1v) is 6.16. The number of benzene rings is 1. The number of H-pyrrole nitrogens is 1. The van der Waals surface area contributed by atoms with Gasteiger partial charge in [0.1, 0.15) is 0 Å². The number of nitrogens with zero attached hydrogens (tertiary/aromatic N) is 3. The van der Waals surface area contributed by atoms with E-state index in [0.29, 0.717) is 11.4 Å². The second-order valence-corrected chi connectivity index (χ2v) is 4.29. The van der Waals surface area contributed by atoms with Crippen molar-refractivity contribution in [3.05, 3.63) is 41.7 Å². The zero-order valence-corrected chi connectivity index (χ0v) is 11.1. The highest BCUT2D eigenvalue weighted by atomic mass is 16.4. The number of carboxylic acid groups (broad SMARTS) is 1. The number of hydrogen-bond donors (Lipinski definition) is 4. The number of aliphatic carboxylic acids is 1. The maximum atomic E-state index is 11.9. The second kappa shape index (κ2) is 6.46. The van der Waals surface area contributed by atoms with Crippen LogP contribution in [0.1, 0.15) is 30.4 Å². The number of carboxylic acids is 1. The summed E-state index contributed by atoms with van der Waals surface area (Å²) in [6, 6.07) is 6.14. The van der Waals surface area contributed by atoms with Gasteiger partial charge in [-0.2, -0.15) is 5.21 Å². The molecule has 4 N–H and O–H groups in total. The van der Waals surface area contributed by atoms with Gasteiger partial charge in [-0.15, -0.1) is 10.2 Å². The molecule has 2 unspecified atom stereocenters. The minimum atomic E-state index is -1.15. The van der Waals surface area contributed by atoms with E-state index in [1.165, 1.54) is 0 Å². The Morgan fingerprint density at radius 1 is 1.24 bits per heavy atom. The average molecular weight is 290 g/mol. The molecule has 21 heavy (non-hydrogen) atoms. The van der Waals surface area contributed by atoms with Crippen molar-refractivity contribution >= 4 is 12.0 Å². The van der Waals surface area contributed by atoms with Crippen LogP contribution in [-0.2, 0) is 4.79 Å². The minimum Gasteiger partial charge on any atom is -0.479 e. The van der Waals surface area contributed by atoms with Crippen molar-refractivity contribution in [1.29, 1.82) is 0 Å². The number of tetrazole rings is 1. The molecule has 2 amide bonds. The number of amides is 2. The first-order valence-electron chi connectivity index (χ1n) is 6.16. The van der Waals surface area contributed by atoms with Crippen molar-refractivity contribution in [3.8, 4) is 0 Å². The van der Waals surface area contributed by atoms with Crippen LogP contribution < -0.4 is 10.6 Å². The lowest BCUT2D eigenvalue weighted by atomic mass is 10.1.